The van der Waals surface area contributed by atoms with Gasteiger partial charge in [-0.2, -0.15) is 0 Å². The summed E-state index contributed by atoms with van der Waals surface area (Å²) in [6.07, 6.45) is 0.900. The van der Waals surface area contributed by atoms with Crippen LogP contribution in [-0.4, -0.2) is 16.1 Å². The lowest BCUT2D eigenvalue weighted by atomic mass is 10.1. The predicted molar refractivity (Wildman–Crippen MR) is 74.1 cm³/mol. The number of rotatable bonds is 5. The van der Waals surface area contributed by atoms with E-state index >= 15 is 0 Å². The molecule has 17 heavy (non-hydrogen) atoms. The molecule has 0 saturated heterocycles. The largest absolute Gasteiger partial charge is 0.305 e. The first-order valence-electron chi connectivity index (χ1n) is 5.55. The molecule has 3 nitrogen and oxygen atoms in total. The highest BCUT2D eigenvalue weighted by Crippen LogP contribution is 2.35. The lowest BCUT2D eigenvalue weighted by Crippen LogP contribution is -2.21. The third-order valence-corrected chi connectivity index (χ3v) is 4.75. The molecule has 1 unspecified atom stereocenters. The van der Waals surface area contributed by atoms with E-state index in [9.17, 15) is 0 Å². The van der Waals surface area contributed by atoms with Gasteiger partial charge >= 0.3 is 0 Å². The Balaban J connectivity index is 2.39. The Morgan fingerprint density at radius 1 is 1.41 bits per heavy atom. The first kappa shape index (κ1) is 13.0. The zero-order chi connectivity index (χ0) is 12.3. The Morgan fingerprint density at radius 2 is 2.24 bits per heavy atom. The first-order chi connectivity index (χ1) is 8.27. The molecule has 0 radical (unpaired) electrons. The van der Waals surface area contributed by atoms with Gasteiger partial charge in [0.05, 0.1) is 21.6 Å². The molecule has 0 fully saturated rings. The Morgan fingerprint density at radius 3 is 2.82 bits per heavy atom. The van der Waals surface area contributed by atoms with Crippen LogP contribution in [0.5, 0.6) is 0 Å². The van der Waals surface area contributed by atoms with E-state index in [1.54, 1.807) is 11.3 Å². The first-order valence-corrected chi connectivity index (χ1v) is 7.58. The van der Waals surface area contributed by atoms with Crippen LogP contribution in [0, 0.1) is 0 Å². The molecule has 1 N–H and O–H groups in total. The van der Waals surface area contributed by atoms with E-state index in [4.69, 9.17) is 11.6 Å². The molecule has 1 atom stereocenters. The van der Waals surface area contributed by atoms with E-state index in [1.165, 1.54) is 16.4 Å². The van der Waals surface area contributed by atoms with Crippen LogP contribution >= 0.6 is 34.5 Å². The minimum absolute atomic E-state index is 0.127. The molecule has 2 rings (SSSR count). The fraction of sp³-hybridized carbons (Fsp3) is 0.455. The number of halogens is 1. The third kappa shape index (κ3) is 2.68. The van der Waals surface area contributed by atoms with Gasteiger partial charge in [-0.3, -0.25) is 0 Å². The summed E-state index contributed by atoms with van der Waals surface area (Å²) in [5, 5.41) is 10.5. The Bertz CT molecular complexity index is 481. The maximum atomic E-state index is 6.22. The molecule has 0 aliphatic carbocycles. The van der Waals surface area contributed by atoms with E-state index in [2.05, 4.69) is 28.8 Å². The number of nitrogens with zero attached hydrogens (tertiary/aromatic N) is 2. The number of thiophene rings is 1. The van der Waals surface area contributed by atoms with Crippen molar-refractivity contribution in [1.29, 1.82) is 0 Å². The normalized spacial score (nSPS) is 12.9. The number of aromatic nitrogens is 2. The van der Waals surface area contributed by atoms with Crippen molar-refractivity contribution >= 4 is 34.5 Å². The van der Waals surface area contributed by atoms with Gasteiger partial charge in [0.15, 0.2) is 0 Å². The topological polar surface area (TPSA) is 37.8 Å². The molecule has 2 heterocycles. The second-order valence-electron chi connectivity index (χ2n) is 3.56. The lowest BCUT2D eigenvalue weighted by Gasteiger charge is -2.15. The summed E-state index contributed by atoms with van der Waals surface area (Å²) in [7, 11) is 0. The van der Waals surface area contributed by atoms with Gasteiger partial charge in [-0.05, 0) is 35.9 Å². The fourth-order valence-corrected chi connectivity index (χ4v) is 3.85. The Hall–Kier alpha value is -0.490. The highest BCUT2D eigenvalue weighted by molar-refractivity contribution is 7.11. The summed E-state index contributed by atoms with van der Waals surface area (Å²) in [5.41, 5.74) is 1.06. The van der Waals surface area contributed by atoms with Crippen LogP contribution in [0.15, 0.2) is 11.4 Å². The van der Waals surface area contributed by atoms with Crippen molar-refractivity contribution in [3.63, 3.8) is 0 Å². The van der Waals surface area contributed by atoms with Crippen LogP contribution in [0.1, 0.15) is 35.3 Å². The van der Waals surface area contributed by atoms with Crippen LogP contribution < -0.4 is 5.32 Å². The van der Waals surface area contributed by atoms with Crippen molar-refractivity contribution in [3.8, 4) is 0 Å². The van der Waals surface area contributed by atoms with Crippen molar-refractivity contribution in [2.75, 3.05) is 6.54 Å². The molecule has 0 aliphatic rings. The fourth-order valence-electron chi connectivity index (χ4n) is 1.70. The maximum Gasteiger partial charge on any atom is 0.0815 e. The Labute approximate surface area is 114 Å². The summed E-state index contributed by atoms with van der Waals surface area (Å²) >= 11 is 9.34. The monoisotopic (exact) mass is 287 g/mol. The highest BCUT2D eigenvalue weighted by Gasteiger charge is 2.22. The summed E-state index contributed by atoms with van der Waals surface area (Å²) in [6.45, 7) is 5.08. The standard InChI is InChI=1S/C11H14ClN3S2/c1-3-8-11(17-15-14-8)9(13-4-2)10-7(12)5-6-16-10/h5-6,9,13H,3-4H2,1-2H3. The SMILES string of the molecule is CCNC(c1sccc1Cl)c1snnc1CC. The molecule has 0 bridgehead atoms. The average molecular weight is 288 g/mol. The predicted octanol–water partition coefficient (Wildman–Crippen LogP) is 3.51. The van der Waals surface area contributed by atoms with Gasteiger partial charge in [0.25, 0.3) is 0 Å². The van der Waals surface area contributed by atoms with Gasteiger partial charge in [-0.1, -0.05) is 29.9 Å². The van der Waals surface area contributed by atoms with Crippen LogP contribution in [0.25, 0.3) is 0 Å². The van der Waals surface area contributed by atoms with Crippen molar-refractivity contribution in [3.05, 3.63) is 31.9 Å². The van der Waals surface area contributed by atoms with Gasteiger partial charge < -0.3 is 5.32 Å². The molecule has 0 aliphatic heterocycles. The molecular weight excluding hydrogens is 274 g/mol. The maximum absolute atomic E-state index is 6.22. The summed E-state index contributed by atoms with van der Waals surface area (Å²) in [4.78, 5) is 2.33. The zero-order valence-electron chi connectivity index (χ0n) is 9.74. The van der Waals surface area contributed by atoms with Gasteiger partial charge in [-0.15, -0.1) is 16.4 Å². The summed E-state index contributed by atoms with van der Waals surface area (Å²) in [5.74, 6) is 0. The smallest absolute Gasteiger partial charge is 0.0815 e. The molecule has 2 aromatic rings. The molecule has 0 amide bonds. The van der Waals surface area contributed by atoms with Crippen molar-refractivity contribution in [2.24, 2.45) is 0 Å². The molecule has 0 spiro atoms. The second kappa shape index (κ2) is 5.91. The van der Waals surface area contributed by atoms with Crippen LogP contribution in [0.2, 0.25) is 5.02 Å². The minimum Gasteiger partial charge on any atom is -0.305 e. The third-order valence-electron chi connectivity index (χ3n) is 2.50. The second-order valence-corrected chi connectivity index (χ2v) is 5.70. The van der Waals surface area contributed by atoms with Gasteiger partial charge in [-0.25, -0.2) is 0 Å². The number of aryl methyl sites for hydroxylation is 1. The van der Waals surface area contributed by atoms with Crippen molar-refractivity contribution in [1.82, 2.24) is 14.9 Å². The van der Waals surface area contributed by atoms with Gasteiger partial charge in [0.1, 0.15) is 0 Å². The molecular formula is C11H14ClN3S2. The summed E-state index contributed by atoms with van der Waals surface area (Å²) in [6, 6.07) is 2.06. The van der Waals surface area contributed by atoms with Crippen LogP contribution in [0.3, 0.4) is 0 Å². The lowest BCUT2D eigenvalue weighted by molar-refractivity contribution is 0.642. The van der Waals surface area contributed by atoms with Gasteiger partial charge in [0, 0.05) is 4.88 Å². The van der Waals surface area contributed by atoms with E-state index in [0.29, 0.717) is 0 Å². The minimum atomic E-state index is 0.127. The quantitative estimate of drug-likeness (QED) is 0.914. The molecule has 0 aromatic carbocycles. The van der Waals surface area contributed by atoms with E-state index in [-0.39, 0.29) is 6.04 Å². The van der Waals surface area contributed by atoms with E-state index < -0.39 is 0 Å². The van der Waals surface area contributed by atoms with Crippen LogP contribution in [-0.2, 0) is 6.42 Å². The highest BCUT2D eigenvalue weighted by atomic mass is 35.5. The number of hydrogen-bond donors (Lipinski definition) is 1. The van der Waals surface area contributed by atoms with Crippen molar-refractivity contribution < 1.29 is 0 Å². The Kier molecular flexibility index (Phi) is 4.50. The van der Waals surface area contributed by atoms with Crippen molar-refractivity contribution in [2.45, 2.75) is 26.3 Å². The number of hydrogen-bond acceptors (Lipinski definition) is 5. The van der Waals surface area contributed by atoms with E-state index in [1.807, 2.05) is 11.4 Å². The van der Waals surface area contributed by atoms with Crippen LogP contribution in [0.4, 0.5) is 0 Å². The molecule has 92 valence electrons. The van der Waals surface area contributed by atoms with Gasteiger partial charge in [0.2, 0.25) is 0 Å². The van der Waals surface area contributed by atoms with E-state index in [0.717, 1.165) is 28.6 Å². The molecule has 2 aromatic heterocycles. The molecule has 6 heteroatoms. The average Bonchev–Trinajstić information content (AvgIpc) is 2.94. The number of nitrogens with one attached hydrogen (secondary N) is 1. The molecule has 0 saturated carbocycles. The zero-order valence-corrected chi connectivity index (χ0v) is 12.1. The summed E-state index contributed by atoms with van der Waals surface area (Å²) < 4.78 is 4.05.